The number of hydrogen-bond donors (Lipinski definition) is 1. The molecule has 0 spiro atoms. The van der Waals surface area contributed by atoms with Gasteiger partial charge in [0.15, 0.2) is 11.5 Å². The molecule has 3 aliphatic rings. The number of nitrogens with zero attached hydrogens (tertiary/aromatic N) is 1. The van der Waals surface area contributed by atoms with Crippen LogP contribution in [0.3, 0.4) is 0 Å². The first-order chi connectivity index (χ1) is 11.8. The molecule has 3 aliphatic heterocycles. The van der Waals surface area contributed by atoms with Crippen molar-refractivity contribution in [2.24, 2.45) is 11.8 Å². The number of nitrogens with one attached hydrogen (secondary N) is 1. The third-order valence-corrected chi connectivity index (χ3v) is 5.51. The number of methoxy groups -OCH3 is 1. The molecule has 0 radical (unpaired) electrons. The van der Waals surface area contributed by atoms with Crippen LogP contribution in [-0.4, -0.2) is 50.7 Å². The second kappa shape index (κ2) is 6.48. The van der Waals surface area contributed by atoms with Crippen molar-refractivity contribution in [1.82, 2.24) is 10.2 Å². The molecule has 4 rings (SSSR count). The molecule has 3 heterocycles. The standard InChI is InChI=1S/C19H24N2O3/c1-23-17-4-2-3-13-9-16(12-24-18(13)17)19(22)21-7-5-14-10-20-11-15(14)6-8-21/h2-4,9,14-15,20H,5-8,10-12H2,1H3/t14-,15+. The average Bonchev–Trinajstić information content (AvgIpc) is 2.98. The second-order valence-electron chi connectivity index (χ2n) is 6.88. The molecule has 1 N–H and O–H groups in total. The van der Waals surface area contributed by atoms with Crippen molar-refractivity contribution in [1.29, 1.82) is 0 Å². The molecule has 1 aromatic rings. The Balaban J connectivity index is 1.51. The zero-order valence-electron chi connectivity index (χ0n) is 14.1. The van der Waals surface area contributed by atoms with Crippen LogP contribution in [-0.2, 0) is 4.79 Å². The van der Waals surface area contributed by atoms with E-state index in [0.29, 0.717) is 12.4 Å². The Morgan fingerprint density at radius 1 is 1.25 bits per heavy atom. The summed E-state index contributed by atoms with van der Waals surface area (Å²) in [5, 5.41) is 3.47. The van der Waals surface area contributed by atoms with E-state index in [2.05, 4.69) is 5.32 Å². The van der Waals surface area contributed by atoms with E-state index in [1.54, 1.807) is 7.11 Å². The molecule has 24 heavy (non-hydrogen) atoms. The van der Waals surface area contributed by atoms with Gasteiger partial charge in [0.2, 0.25) is 0 Å². The number of ether oxygens (including phenoxy) is 2. The monoisotopic (exact) mass is 328 g/mol. The van der Waals surface area contributed by atoms with Gasteiger partial charge >= 0.3 is 0 Å². The summed E-state index contributed by atoms with van der Waals surface area (Å²) in [6.07, 6.45) is 4.15. The highest BCUT2D eigenvalue weighted by Gasteiger charge is 2.32. The highest BCUT2D eigenvalue weighted by atomic mass is 16.5. The Hall–Kier alpha value is -2.01. The topological polar surface area (TPSA) is 50.8 Å². The van der Waals surface area contributed by atoms with Crippen LogP contribution in [0.2, 0.25) is 0 Å². The first kappa shape index (κ1) is 15.5. The number of carbonyl (C=O) groups excluding carboxylic acids is 1. The Bertz CT molecular complexity index is 657. The van der Waals surface area contributed by atoms with E-state index >= 15 is 0 Å². The van der Waals surface area contributed by atoms with Gasteiger partial charge in [-0.25, -0.2) is 0 Å². The van der Waals surface area contributed by atoms with Crippen LogP contribution >= 0.6 is 0 Å². The minimum absolute atomic E-state index is 0.122. The molecular formula is C19H24N2O3. The molecule has 128 valence electrons. The molecule has 0 saturated carbocycles. The summed E-state index contributed by atoms with van der Waals surface area (Å²) in [5.74, 6) is 3.02. The first-order valence-corrected chi connectivity index (χ1v) is 8.76. The van der Waals surface area contributed by atoms with Gasteiger partial charge in [0.1, 0.15) is 6.61 Å². The molecular weight excluding hydrogens is 304 g/mol. The predicted molar refractivity (Wildman–Crippen MR) is 92.1 cm³/mol. The lowest BCUT2D eigenvalue weighted by atomic mass is 9.92. The highest BCUT2D eigenvalue weighted by molar-refractivity contribution is 5.99. The quantitative estimate of drug-likeness (QED) is 0.901. The van der Waals surface area contributed by atoms with E-state index in [1.807, 2.05) is 29.2 Å². The molecule has 1 aromatic carbocycles. The second-order valence-corrected chi connectivity index (χ2v) is 6.88. The number of carbonyl (C=O) groups is 1. The molecule has 2 saturated heterocycles. The van der Waals surface area contributed by atoms with E-state index in [-0.39, 0.29) is 5.91 Å². The van der Waals surface area contributed by atoms with Gasteiger partial charge in [-0.2, -0.15) is 0 Å². The van der Waals surface area contributed by atoms with Gasteiger partial charge in [-0.05, 0) is 49.9 Å². The normalized spacial score (nSPS) is 25.9. The third-order valence-electron chi connectivity index (χ3n) is 5.51. The van der Waals surface area contributed by atoms with Crippen molar-refractivity contribution in [2.75, 3.05) is 39.9 Å². The van der Waals surface area contributed by atoms with Crippen LogP contribution in [0.4, 0.5) is 0 Å². The van der Waals surface area contributed by atoms with Crippen molar-refractivity contribution >= 4 is 12.0 Å². The lowest BCUT2D eigenvalue weighted by Gasteiger charge is -2.25. The van der Waals surface area contributed by atoms with Crippen LogP contribution < -0.4 is 14.8 Å². The van der Waals surface area contributed by atoms with E-state index in [9.17, 15) is 4.79 Å². The number of hydrogen-bond acceptors (Lipinski definition) is 4. The molecule has 1 amide bonds. The maximum atomic E-state index is 12.9. The Morgan fingerprint density at radius 3 is 2.71 bits per heavy atom. The number of para-hydroxylation sites is 1. The SMILES string of the molecule is COc1cccc2c1OCC(C(=O)N1CC[C@@H]3CNC[C@@H]3CC1)=C2. The number of benzene rings is 1. The zero-order valence-corrected chi connectivity index (χ0v) is 14.1. The summed E-state index contributed by atoms with van der Waals surface area (Å²) in [7, 11) is 1.63. The molecule has 0 unspecified atom stereocenters. The van der Waals surface area contributed by atoms with E-state index in [4.69, 9.17) is 9.47 Å². The van der Waals surface area contributed by atoms with Gasteiger partial charge in [0.25, 0.3) is 5.91 Å². The van der Waals surface area contributed by atoms with Gasteiger partial charge in [-0.15, -0.1) is 0 Å². The average molecular weight is 328 g/mol. The molecule has 0 bridgehead atoms. The minimum atomic E-state index is 0.122. The number of rotatable bonds is 2. The summed E-state index contributed by atoms with van der Waals surface area (Å²) in [6, 6.07) is 5.76. The summed E-state index contributed by atoms with van der Waals surface area (Å²) in [6.45, 7) is 4.22. The van der Waals surface area contributed by atoms with Gasteiger partial charge in [0, 0.05) is 18.7 Å². The smallest absolute Gasteiger partial charge is 0.253 e. The van der Waals surface area contributed by atoms with Gasteiger partial charge in [-0.1, -0.05) is 12.1 Å². The molecule has 0 aliphatic carbocycles. The number of amides is 1. The summed E-state index contributed by atoms with van der Waals surface area (Å²) in [5.41, 5.74) is 1.65. The Labute approximate surface area is 142 Å². The predicted octanol–water partition coefficient (Wildman–Crippen LogP) is 1.93. The maximum absolute atomic E-state index is 12.9. The van der Waals surface area contributed by atoms with Crippen molar-refractivity contribution in [3.05, 3.63) is 29.3 Å². The molecule has 2 atom stereocenters. The minimum Gasteiger partial charge on any atom is -0.493 e. The number of fused-ring (bicyclic) bond motifs is 2. The van der Waals surface area contributed by atoms with Crippen molar-refractivity contribution in [2.45, 2.75) is 12.8 Å². The Kier molecular flexibility index (Phi) is 4.19. The molecule has 5 nitrogen and oxygen atoms in total. The van der Waals surface area contributed by atoms with Crippen LogP contribution in [0.15, 0.2) is 23.8 Å². The summed E-state index contributed by atoms with van der Waals surface area (Å²) < 4.78 is 11.2. The molecule has 2 fully saturated rings. The lowest BCUT2D eigenvalue weighted by molar-refractivity contribution is -0.127. The summed E-state index contributed by atoms with van der Waals surface area (Å²) >= 11 is 0. The highest BCUT2D eigenvalue weighted by Crippen LogP contribution is 2.36. The van der Waals surface area contributed by atoms with Crippen LogP contribution in [0.1, 0.15) is 18.4 Å². The molecule has 5 heteroatoms. The van der Waals surface area contributed by atoms with Gasteiger partial charge in [-0.3, -0.25) is 4.79 Å². The van der Waals surface area contributed by atoms with Crippen molar-refractivity contribution in [3.8, 4) is 11.5 Å². The fourth-order valence-electron chi connectivity index (χ4n) is 4.09. The fraction of sp³-hybridized carbons (Fsp3) is 0.526. The van der Waals surface area contributed by atoms with Crippen molar-refractivity contribution in [3.63, 3.8) is 0 Å². The summed E-state index contributed by atoms with van der Waals surface area (Å²) in [4.78, 5) is 14.9. The lowest BCUT2D eigenvalue weighted by Crippen LogP contribution is -2.35. The van der Waals surface area contributed by atoms with Crippen LogP contribution in [0.25, 0.3) is 6.08 Å². The number of likely N-dealkylation sites (tertiary alicyclic amines) is 1. The van der Waals surface area contributed by atoms with Crippen molar-refractivity contribution < 1.29 is 14.3 Å². The Morgan fingerprint density at radius 2 is 2.00 bits per heavy atom. The fourth-order valence-corrected chi connectivity index (χ4v) is 4.09. The van der Waals surface area contributed by atoms with Crippen LogP contribution in [0, 0.1) is 11.8 Å². The van der Waals surface area contributed by atoms with E-state index < -0.39 is 0 Å². The first-order valence-electron chi connectivity index (χ1n) is 8.76. The molecule has 0 aromatic heterocycles. The third kappa shape index (κ3) is 2.77. The van der Waals surface area contributed by atoms with Gasteiger partial charge in [0.05, 0.1) is 12.7 Å². The van der Waals surface area contributed by atoms with Crippen LogP contribution in [0.5, 0.6) is 11.5 Å². The largest absolute Gasteiger partial charge is 0.493 e. The van der Waals surface area contributed by atoms with E-state index in [0.717, 1.165) is 67.7 Å². The zero-order chi connectivity index (χ0) is 16.5. The van der Waals surface area contributed by atoms with Gasteiger partial charge < -0.3 is 19.7 Å². The maximum Gasteiger partial charge on any atom is 0.253 e. The van der Waals surface area contributed by atoms with E-state index in [1.165, 1.54) is 0 Å².